The molecule has 1 fully saturated rings. The summed E-state index contributed by atoms with van der Waals surface area (Å²) in [7, 11) is 0. The first-order valence-corrected chi connectivity index (χ1v) is 12.5. The van der Waals surface area contributed by atoms with Gasteiger partial charge in [-0.15, -0.1) is 0 Å². The summed E-state index contributed by atoms with van der Waals surface area (Å²) in [4.78, 5) is 14.6. The lowest BCUT2D eigenvalue weighted by Crippen LogP contribution is -2.50. The maximum absolute atomic E-state index is 12.7. The highest BCUT2D eigenvalue weighted by molar-refractivity contribution is 5.81. The molecule has 3 N–H and O–H groups in total. The highest BCUT2D eigenvalue weighted by atomic mass is 16.5. The van der Waals surface area contributed by atoms with Crippen LogP contribution in [0.15, 0.2) is 66.2 Å². The first-order chi connectivity index (χ1) is 16.3. The van der Waals surface area contributed by atoms with Gasteiger partial charge < -0.3 is 20.7 Å². The summed E-state index contributed by atoms with van der Waals surface area (Å²) in [5.41, 5.74) is 9.78. The zero-order valence-corrected chi connectivity index (χ0v) is 21.2. The van der Waals surface area contributed by atoms with Crippen LogP contribution in [-0.4, -0.2) is 36.0 Å². The number of carbonyl (C=O) groups is 1. The molecule has 1 amide bonds. The average molecular weight is 464 g/mol. The number of carbonyl (C=O) groups excluding carboxylic acids is 1. The van der Waals surface area contributed by atoms with Gasteiger partial charge >= 0.3 is 0 Å². The van der Waals surface area contributed by atoms with Crippen LogP contribution in [0.3, 0.4) is 0 Å². The summed E-state index contributed by atoms with van der Waals surface area (Å²) in [6, 6.07) is 18.7. The number of allylic oxidation sites excluding steroid dienone is 1. The van der Waals surface area contributed by atoms with Gasteiger partial charge in [0.15, 0.2) is 0 Å². The van der Waals surface area contributed by atoms with E-state index in [0.29, 0.717) is 18.6 Å². The van der Waals surface area contributed by atoms with Gasteiger partial charge in [-0.3, -0.25) is 4.79 Å². The second kappa shape index (κ2) is 12.7. The third kappa shape index (κ3) is 8.00. The van der Waals surface area contributed by atoms with Crippen molar-refractivity contribution in [3.8, 4) is 5.75 Å². The van der Waals surface area contributed by atoms with Crippen molar-refractivity contribution in [3.63, 3.8) is 0 Å². The third-order valence-corrected chi connectivity index (χ3v) is 6.25. The molecule has 0 spiro atoms. The van der Waals surface area contributed by atoms with Crippen LogP contribution >= 0.6 is 0 Å². The van der Waals surface area contributed by atoms with E-state index in [2.05, 4.69) is 63.4 Å². The number of nitrogens with one attached hydrogen (secondary N) is 1. The van der Waals surface area contributed by atoms with E-state index in [1.54, 1.807) is 0 Å². The monoisotopic (exact) mass is 463 g/mol. The molecule has 1 heterocycles. The molecule has 2 atom stereocenters. The van der Waals surface area contributed by atoms with Gasteiger partial charge in [0.25, 0.3) is 0 Å². The minimum atomic E-state index is -0.384. The zero-order valence-electron chi connectivity index (χ0n) is 21.2. The first kappa shape index (κ1) is 26.0. The number of hydrogen-bond acceptors (Lipinski definition) is 4. The van der Waals surface area contributed by atoms with Crippen molar-refractivity contribution >= 4 is 5.91 Å². The molecule has 184 valence electrons. The molecule has 1 unspecified atom stereocenters. The summed E-state index contributed by atoms with van der Waals surface area (Å²) < 4.78 is 5.95. The van der Waals surface area contributed by atoms with Gasteiger partial charge in [0.1, 0.15) is 12.4 Å². The number of piperidine rings is 1. The number of nitrogens with zero attached hydrogens (tertiary/aromatic N) is 1. The van der Waals surface area contributed by atoms with Crippen molar-refractivity contribution in [1.82, 2.24) is 10.2 Å². The van der Waals surface area contributed by atoms with E-state index in [4.69, 9.17) is 10.5 Å². The van der Waals surface area contributed by atoms with Crippen LogP contribution in [0.5, 0.6) is 5.75 Å². The second-order valence-electron chi connectivity index (χ2n) is 10.1. The van der Waals surface area contributed by atoms with Crippen LogP contribution in [0.1, 0.15) is 64.1 Å². The minimum absolute atomic E-state index is 0.0964. The Bertz CT molecular complexity index is 912. The Balaban J connectivity index is 1.56. The highest BCUT2D eigenvalue weighted by Crippen LogP contribution is 2.24. The Labute approximate surface area is 205 Å². The van der Waals surface area contributed by atoms with E-state index >= 15 is 0 Å². The van der Waals surface area contributed by atoms with Crippen LogP contribution < -0.4 is 15.8 Å². The Morgan fingerprint density at radius 1 is 1.09 bits per heavy atom. The number of rotatable bonds is 10. The van der Waals surface area contributed by atoms with Crippen molar-refractivity contribution in [3.05, 3.63) is 77.4 Å². The van der Waals surface area contributed by atoms with Crippen molar-refractivity contribution in [2.45, 2.75) is 71.7 Å². The van der Waals surface area contributed by atoms with E-state index in [-0.39, 0.29) is 18.0 Å². The van der Waals surface area contributed by atoms with Gasteiger partial charge in [-0.05, 0) is 62.3 Å². The molecule has 34 heavy (non-hydrogen) atoms. The fourth-order valence-corrected chi connectivity index (χ4v) is 4.45. The topological polar surface area (TPSA) is 67.6 Å². The molecular formula is C29H41N3O2. The van der Waals surface area contributed by atoms with E-state index in [0.717, 1.165) is 43.7 Å². The summed E-state index contributed by atoms with van der Waals surface area (Å²) >= 11 is 0. The number of ether oxygens (including phenoxy) is 1. The van der Waals surface area contributed by atoms with E-state index in [1.165, 1.54) is 11.1 Å². The Morgan fingerprint density at radius 2 is 1.74 bits per heavy atom. The molecule has 5 nitrogen and oxygen atoms in total. The van der Waals surface area contributed by atoms with Crippen molar-refractivity contribution in [2.24, 2.45) is 11.7 Å². The fraction of sp³-hybridized carbons (Fsp3) is 0.483. The Morgan fingerprint density at radius 3 is 2.32 bits per heavy atom. The molecule has 3 rings (SSSR count). The molecule has 0 aliphatic carbocycles. The van der Waals surface area contributed by atoms with Crippen LogP contribution in [0.25, 0.3) is 0 Å². The Kier molecular flexibility index (Phi) is 9.73. The van der Waals surface area contributed by atoms with Gasteiger partial charge in [-0.1, -0.05) is 68.0 Å². The number of hydrogen-bond donors (Lipinski definition) is 2. The molecule has 1 aliphatic heterocycles. The summed E-state index contributed by atoms with van der Waals surface area (Å²) in [5, 5.41) is 3.82. The van der Waals surface area contributed by atoms with Crippen molar-refractivity contribution < 1.29 is 9.53 Å². The third-order valence-electron chi connectivity index (χ3n) is 6.25. The standard InChI is InChI=1S/C29H41N3O2/c1-21(2)18-27(30)29(33)32-16-14-25(15-17-32)31-28(19-22(3)4)24-10-12-26(13-11-24)34-20-23-8-6-5-7-9-23/h5-13,19,21,25,27-28,31H,14-18,20,30H2,1-4H3/t27?,28-/m0/s1. The molecule has 1 aliphatic rings. The van der Waals surface area contributed by atoms with Gasteiger partial charge in [0.2, 0.25) is 5.91 Å². The first-order valence-electron chi connectivity index (χ1n) is 12.5. The Hall–Kier alpha value is -2.63. The maximum Gasteiger partial charge on any atom is 0.239 e. The predicted molar refractivity (Wildman–Crippen MR) is 140 cm³/mol. The molecule has 0 radical (unpaired) electrons. The van der Waals surface area contributed by atoms with Crippen LogP contribution in [0, 0.1) is 5.92 Å². The zero-order chi connectivity index (χ0) is 24.5. The lowest BCUT2D eigenvalue weighted by Gasteiger charge is -2.35. The average Bonchev–Trinajstić information content (AvgIpc) is 2.82. The lowest BCUT2D eigenvalue weighted by atomic mass is 9.98. The number of amides is 1. The van der Waals surface area contributed by atoms with E-state index in [9.17, 15) is 4.79 Å². The number of nitrogens with two attached hydrogens (primary N) is 1. The molecule has 0 bridgehead atoms. The van der Waals surface area contributed by atoms with Crippen LogP contribution in [-0.2, 0) is 11.4 Å². The molecule has 5 heteroatoms. The second-order valence-corrected chi connectivity index (χ2v) is 10.1. The number of benzene rings is 2. The maximum atomic E-state index is 12.7. The minimum Gasteiger partial charge on any atom is -0.489 e. The number of likely N-dealkylation sites (tertiary alicyclic amines) is 1. The van der Waals surface area contributed by atoms with E-state index < -0.39 is 0 Å². The summed E-state index contributed by atoms with van der Waals surface area (Å²) in [6.45, 7) is 10.6. The lowest BCUT2D eigenvalue weighted by molar-refractivity contribution is -0.134. The van der Waals surface area contributed by atoms with Gasteiger partial charge in [-0.25, -0.2) is 0 Å². The molecule has 2 aromatic carbocycles. The molecule has 2 aromatic rings. The summed E-state index contributed by atoms with van der Waals surface area (Å²) in [6.07, 6.45) is 4.89. The van der Waals surface area contributed by atoms with Gasteiger partial charge in [-0.2, -0.15) is 0 Å². The molecule has 1 saturated heterocycles. The summed E-state index contributed by atoms with van der Waals surface area (Å²) in [5.74, 6) is 1.39. The SMILES string of the molecule is CC(C)=C[C@H](NC1CCN(C(=O)C(N)CC(C)C)CC1)c1ccc(OCc2ccccc2)cc1. The van der Waals surface area contributed by atoms with E-state index in [1.807, 2.05) is 35.2 Å². The molecule has 0 saturated carbocycles. The fourth-order valence-electron chi connectivity index (χ4n) is 4.45. The van der Waals surface area contributed by atoms with Crippen molar-refractivity contribution in [1.29, 1.82) is 0 Å². The largest absolute Gasteiger partial charge is 0.489 e. The van der Waals surface area contributed by atoms with Crippen molar-refractivity contribution in [2.75, 3.05) is 13.1 Å². The van der Waals surface area contributed by atoms with Crippen LogP contribution in [0.4, 0.5) is 0 Å². The highest BCUT2D eigenvalue weighted by Gasteiger charge is 2.27. The predicted octanol–water partition coefficient (Wildman–Crippen LogP) is 5.23. The smallest absolute Gasteiger partial charge is 0.239 e. The molecular weight excluding hydrogens is 422 g/mol. The van der Waals surface area contributed by atoms with Gasteiger partial charge in [0.05, 0.1) is 12.1 Å². The quantitative estimate of drug-likeness (QED) is 0.474. The molecule has 0 aromatic heterocycles. The van der Waals surface area contributed by atoms with Gasteiger partial charge in [0, 0.05) is 19.1 Å². The normalized spacial score (nSPS) is 16.2. The van der Waals surface area contributed by atoms with Crippen LogP contribution in [0.2, 0.25) is 0 Å².